The molecule has 0 amide bonds. The van der Waals surface area contributed by atoms with Crippen LogP contribution in [0.4, 0.5) is 0 Å². The van der Waals surface area contributed by atoms with E-state index in [0.29, 0.717) is 26.1 Å². The summed E-state index contributed by atoms with van der Waals surface area (Å²) in [6.07, 6.45) is 0.770. The number of ether oxygens (including phenoxy) is 2. The Morgan fingerprint density at radius 2 is 2.05 bits per heavy atom. The van der Waals surface area contributed by atoms with Crippen molar-refractivity contribution in [3.05, 3.63) is 35.9 Å². The van der Waals surface area contributed by atoms with E-state index in [0.717, 1.165) is 5.56 Å². The van der Waals surface area contributed by atoms with Crippen molar-refractivity contribution in [2.75, 3.05) is 19.0 Å². The Kier molecular flexibility index (Phi) is 5.72. The van der Waals surface area contributed by atoms with Crippen LogP contribution in [0.2, 0.25) is 0 Å². The van der Waals surface area contributed by atoms with Gasteiger partial charge >= 0.3 is 5.97 Å². The zero-order valence-electron chi connectivity index (χ0n) is 11.7. The van der Waals surface area contributed by atoms with E-state index in [4.69, 9.17) is 9.47 Å². The van der Waals surface area contributed by atoms with Gasteiger partial charge < -0.3 is 9.47 Å². The molecule has 1 fully saturated rings. The highest BCUT2D eigenvalue weighted by molar-refractivity contribution is 7.89. The molecule has 0 unspecified atom stereocenters. The molecular formula is C14H19NO5S. The first-order valence-corrected chi connectivity index (χ1v) is 8.50. The lowest BCUT2D eigenvalue weighted by Crippen LogP contribution is -2.39. The van der Waals surface area contributed by atoms with Crippen molar-refractivity contribution >= 4 is 16.0 Å². The summed E-state index contributed by atoms with van der Waals surface area (Å²) in [5.41, 5.74) is 1.05. The molecule has 1 aliphatic rings. The lowest BCUT2D eigenvalue weighted by atomic mass is 10.2. The molecule has 21 heavy (non-hydrogen) atoms. The summed E-state index contributed by atoms with van der Waals surface area (Å²) < 4.78 is 36.1. The number of nitrogens with one attached hydrogen (secondary N) is 1. The Morgan fingerprint density at radius 3 is 2.71 bits per heavy atom. The first-order chi connectivity index (χ1) is 10.1. The van der Waals surface area contributed by atoms with E-state index in [-0.39, 0.29) is 12.4 Å². The molecule has 1 saturated heterocycles. The van der Waals surface area contributed by atoms with Crippen LogP contribution in [-0.2, 0) is 30.9 Å². The molecule has 1 heterocycles. The van der Waals surface area contributed by atoms with Gasteiger partial charge in [0, 0.05) is 13.0 Å². The average Bonchev–Trinajstić information content (AvgIpc) is 2.84. The molecule has 1 aliphatic heterocycles. The monoisotopic (exact) mass is 313 g/mol. The van der Waals surface area contributed by atoms with Crippen molar-refractivity contribution in [3.8, 4) is 0 Å². The fourth-order valence-electron chi connectivity index (χ4n) is 1.99. The molecule has 0 aromatic heterocycles. The second-order valence-corrected chi connectivity index (χ2v) is 6.71. The standard InChI is InChI=1S/C14H19NO5S/c16-14-13(7-9-20-14)15-21(17,18)10-4-8-19-11-12-5-2-1-3-6-12/h1-3,5-6,13,15H,4,7-11H2/t13-/m0/s1. The van der Waals surface area contributed by atoms with E-state index < -0.39 is 22.0 Å². The van der Waals surface area contributed by atoms with Crippen LogP contribution in [0.1, 0.15) is 18.4 Å². The summed E-state index contributed by atoms with van der Waals surface area (Å²) in [6, 6.07) is 8.94. The lowest BCUT2D eigenvalue weighted by Gasteiger charge is -2.10. The Morgan fingerprint density at radius 1 is 1.29 bits per heavy atom. The van der Waals surface area contributed by atoms with Crippen LogP contribution in [0.3, 0.4) is 0 Å². The van der Waals surface area contributed by atoms with Crippen LogP contribution in [0.15, 0.2) is 30.3 Å². The highest BCUT2D eigenvalue weighted by Crippen LogP contribution is 2.08. The van der Waals surface area contributed by atoms with Gasteiger partial charge in [0.25, 0.3) is 0 Å². The zero-order chi connectivity index (χ0) is 15.1. The summed E-state index contributed by atoms with van der Waals surface area (Å²) >= 11 is 0. The van der Waals surface area contributed by atoms with Crippen LogP contribution >= 0.6 is 0 Å². The number of carbonyl (C=O) groups is 1. The van der Waals surface area contributed by atoms with E-state index in [1.54, 1.807) is 0 Å². The minimum absolute atomic E-state index is 0.0639. The minimum Gasteiger partial charge on any atom is -0.464 e. The Labute approximate surface area is 124 Å². The Hall–Kier alpha value is -1.44. The maximum absolute atomic E-state index is 11.8. The lowest BCUT2D eigenvalue weighted by molar-refractivity contribution is -0.139. The van der Waals surface area contributed by atoms with Crippen LogP contribution in [-0.4, -0.2) is 39.4 Å². The first-order valence-electron chi connectivity index (χ1n) is 6.85. The predicted molar refractivity (Wildman–Crippen MR) is 77.0 cm³/mol. The minimum atomic E-state index is -3.47. The molecule has 1 aromatic rings. The van der Waals surface area contributed by atoms with Gasteiger partial charge in [0.05, 0.1) is 19.0 Å². The molecular weight excluding hydrogens is 294 g/mol. The quantitative estimate of drug-likeness (QED) is 0.568. The molecule has 116 valence electrons. The smallest absolute Gasteiger partial charge is 0.324 e. The molecule has 0 spiro atoms. The van der Waals surface area contributed by atoms with E-state index in [1.807, 2.05) is 30.3 Å². The SMILES string of the molecule is O=C1OCC[C@@H]1NS(=O)(=O)CCCOCc1ccccc1. The van der Waals surface area contributed by atoms with E-state index in [1.165, 1.54) is 0 Å². The molecule has 0 bridgehead atoms. The highest BCUT2D eigenvalue weighted by Gasteiger charge is 2.30. The van der Waals surface area contributed by atoms with Crippen molar-refractivity contribution in [1.82, 2.24) is 4.72 Å². The van der Waals surface area contributed by atoms with Gasteiger partial charge in [-0.3, -0.25) is 4.79 Å². The van der Waals surface area contributed by atoms with Gasteiger partial charge in [0.15, 0.2) is 0 Å². The van der Waals surface area contributed by atoms with Crippen molar-refractivity contribution in [2.45, 2.75) is 25.5 Å². The summed E-state index contributed by atoms with van der Waals surface area (Å²) in [5.74, 6) is -0.565. The van der Waals surface area contributed by atoms with Gasteiger partial charge in [0.1, 0.15) is 6.04 Å². The van der Waals surface area contributed by atoms with Gasteiger partial charge in [-0.2, -0.15) is 0 Å². The summed E-state index contributed by atoms with van der Waals surface area (Å²) in [4.78, 5) is 11.2. The topological polar surface area (TPSA) is 81.7 Å². The van der Waals surface area contributed by atoms with Crippen molar-refractivity contribution < 1.29 is 22.7 Å². The second kappa shape index (κ2) is 7.53. The fourth-order valence-corrected chi connectivity index (χ4v) is 3.26. The van der Waals surface area contributed by atoms with Gasteiger partial charge in [0.2, 0.25) is 10.0 Å². The van der Waals surface area contributed by atoms with Crippen molar-refractivity contribution in [1.29, 1.82) is 0 Å². The number of rotatable bonds is 8. The molecule has 1 aromatic carbocycles. The van der Waals surface area contributed by atoms with Crippen LogP contribution in [0.5, 0.6) is 0 Å². The number of carbonyl (C=O) groups excluding carboxylic acids is 1. The molecule has 1 atom stereocenters. The second-order valence-electron chi connectivity index (χ2n) is 4.84. The zero-order valence-corrected chi connectivity index (χ0v) is 12.5. The van der Waals surface area contributed by atoms with Gasteiger partial charge in [-0.1, -0.05) is 30.3 Å². The van der Waals surface area contributed by atoms with Crippen LogP contribution in [0.25, 0.3) is 0 Å². The molecule has 0 saturated carbocycles. The predicted octanol–water partition coefficient (Wildman–Crippen LogP) is 0.828. The van der Waals surface area contributed by atoms with Crippen LogP contribution < -0.4 is 4.72 Å². The molecule has 7 heteroatoms. The summed E-state index contributed by atoms with van der Waals surface area (Å²) in [6.45, 7) is 1.08. The van der Waals surface area contributed by atoms with Crippen molar-refractivity contribution in [3.63, 3.8) is 0 Å². The van der Waals surface area contributed by atoms with E-state index >= 15 is 0 Å². The van der Waals surface area contributed by atoms with E-state index in [2.05, 4.69) is 4.72 Å². The van der Waals surface area contributed by atoms with Gasteiger partial charge in [-0.15, -0.1) is 0 Å². The maximum atomic E-state index is 11.8. The third-order valence-corrected chi connectivity index (χ3v) is 4.54. The number of esters is 1. The molecule has 0 radical (unpaired) electrons. The molecule has 6 nitrogen and oxygen atoms in total. The molecule has 2 rings (SSSR count). The fraction of sp³-hybridized carbons (Fsp3) is 0.500. The first kappa shape index (κ1) is 15.9. The number of hydrogen-bond acceptors (Lipinski definition) is 5. The summed E-state index contributed by atoms with van der Waals surface area (Å²) in [7, 11) is -3.47. The molecule has 0 aliphatic carbocycles. The normalized spacial score (nSPS) is 18.7. The number of sulfonamides is 1. The summed E-state index contributed by atoms with van der Waals surface area (Å²) in [5, 5.41) is 0. The van der Waals surface area contributed by atoms with Gasteiger partial charge in [-0.25, -0.2) is 13.1 Å². The highest BCUT2D eigenvalue weighted by atomic mass is 32.2. The number of benzene rings is 1. The number of hydrogen-bond donors (Lipinski definition) is 1. The average molecular weight is 313 g/mol. The molecule has 1 N–H and O–H groups in total. The number of cyclic esters (lactones) is 1. The van der Waals surface area contributed by atoms with Crippen LogP contribution in [0, 0.1) is 0 Å². The third kappa shape index (κ3) is 5.45. The Bertz CT molecular complexity index is 558. The van der Waals surface area contributed by atoms with Gasteiger partial charge in [-0.05, 0) is 12.0 Å². The van der Waals surface area contributed by atoms with Crippen molar-refractivity contribution in [2.24, 2.45) is 0 Å². The van der Waals surface area contributed by atoms with E-state index in [9.17, 15) is 13.2 Å². The largest absolute Gasteiger partial charge is 0.464 e. The Balaban J connectivity index is 1.64. The third-order valence-electron chi connectivity index (χ3n) is 3.07. The maximum Gasteiger partial charge on any atom is 0.324 e.